The van der Waals surface area contributed by atoms with Crippen LogP contribution >= 0.6 is 0 Å². The quantitative estimate of drug-likeness (QED) is 0.159. The van der Waals surface area contributed by atoms with Crippen LogP contribution in [0.25, 0.3) is 10.8 Å². The molecule has 7 heteroatoms. The first-order chi connectivity index (χ1) is 23.2. The zero-order valence-corrected chi connectivity index (χ0v) is 25.1. The number of nitrogens with two attached hydrogens (primary N) is 1. The van der Waals surface area contributed by atoms with Gasteiger partial charge in [-0.2, -0.15) is 5.11 Å². The van der Waals surface area contributed by atoms with Crippen LogP contribution in [0.4, 0.5) is 51.2 Å². The lowest BCUT2D eigenvalue weighted by atomic mass is 10.0. The van der Waals surface area contributed by atoms with E-state index in [4.69, 9.17) is 20.3 Å². The first-order valence-electron chi connectivity index (χ1n) is 15.4. The number of nitrogen functional groups attached to an aromatic ring is 1. The number of para-hydroxylation sites is 8. The number of hydrogen-bond donors (Lipinski definition) is 1. The molecule has 9 rings (SSSR count). The van der Waals surface area contributed by atoms with Crippen LogP contribution in [0.1, 0.15) is 0 Å². The van der Waals surface area contributed by atoms with Gasteiger partial charge in [-0.15, -0.1) is 5.11 Å². The molecule has 7 aromatic carbocycles. The van der Waals surface area contributed by atoms with Gasteiger partial charge < -0.3 is 25.0 Å². The number of anilines is 7. The molecule has 0 spiro atoms. The van der Waals surface area contributed by atoms with Crippen molar-refractivity contribution in [1.82, 2.24) is 0 Å². The van der Waals surface area contributed by atoms with Gasteiger partial charge in [-0.05, 0) is 78.9 Å². The van der Waals surface area contributed by atoms with E-state index in [9.17, 15) is 0 Å². The second-order valence-corrected chi connectivity index (χ2v) is 11.3. The van der Waals surface area contributed by atoms with Crippen LogP contribution in [0.5, 0.6) is 23.0 Å². The van der Waals surface area contributed by atoms with Crippen LogP contribution in [0.15, 0.2) is 162 Å². The summed E-state index contributed by atoms with van der Waals surface area (Å²) >= 11 is 0. The molecule has 2 N–H and O–H groups in total. The lowest BCUT2D eigenvalue weighted by molar-refractivity contribution is 0.477. The zero-order chi connectivity index (χ0) is 31.3. The lowest BCUT2D eigenvalue weighted by Gasteiger charge is -2.33. The summed E-state index contributed by atoms with van der Waals surface area (Å²) in [5.41, 5.74) is 14.4. The first-order valence-corrected chi connectivity index (χ1v) is 15.4. The highest BCUT2D eigenvalue weighted by Crippen LogP contribution is 2.53. The van der Waals surface area contributed by atoms with Crippen LogP contribution in [0.3, 0.4) is 0 Å². The number of nitrogens with zero attached hydrogens (tertiary/aromatic N) is 4. The van der Waals surface area contributed by atoms with E-state index >= 15 is 0 Å². The van der Waals surface area contributed by atoms with E-state index in [1.807, 2.05) is 121 Å². The molecule has 47 heavy (non-hydrogen) atoms. The third-order valence-corrected chi connectivity index (χ3v) is 8.53. The Hall–Kier alpha value is -6.60. The number of benzene rings is 7. The topological polar surface area (TPSA) is 75.7 Å². The molecule has 0 fully saturated rings. The maximum atomic E-state index is 6.77. The van der Waals surface area contributed by atoms with Gasteiger partial charge in [0.15, 0.2) is 23.0 Å². The number of azo groups is 1. The Morgan fingerprint density at radius 2 is 0.872 bits per heavy atom. The second-order valence-electron chi connectivity index (χ2n) is 11.3. The maximum Gasteiger partial charge on any atom is 0.151 e. The normalized spacial score (nSPS) is 12.9. The number of hydrogen-bond acceptors (Lipinski definition) is 7. The summed E-state index contributed by atoms with van der Waals surface area (Å²) in [6, 6.07) is 50.3. The van der Waals surface area contributed by atoms with Crippen molar-refractivity contribution in [1.29, 1.82) is 0 Å². The Labute approximate surface area is 271 Å². The molecule has 7 nitrogen and oxygen atoms in total. The van der Waals surface area contributed by atoms with Crippen molar-refractivity contribution >= 4 is 62.0 Å². The van der Waals surface area contributed by atoms with Crippen molar-refractivity contribution in [3.8, 4) is 23.0 Å². The maximum absolute atomic E-state index is 6.77. The molecule has 0 radical (unpaired) electrons. The van der Waals surface area contributed by atoms with E-state index in [1.54, 1.807) is 0 Å². The molecule has 0 aliphatic carbocycles. The minimum Gasteiger partial charge on any atom is -0.453 e. The van der Waals surface area contributed by atoms with Gasteiger partial charge in [-0.25, -0.2) is 0 Å². The molecule has 0 aromatic heterocycles. The van der Waals surface area contributed by atoms with Crippen molar-refractivity contribution in [2.24, 2.45) is 10.2 Å². The van der Waals surface area contributed by atoms with Crippen LogP contribution in [-0.4, -0.2) is 0 Å². The van der Waals surface area contributed by atoms with Gasteiger partial charge in [-0.3, -0.25) is 0 Å². The first kappa shape index (κ1) is 26.8. The Bertz CT molecular complexity index is 2260. The summed E-state index contributed by atoms with van der Waals surface area (Å²) in [7, 11) is 0. The molecular formula is C40H27N5O2. The van der Waals surface area contributed by atoms with E-state index in [1.165, 1.54) is 0 Å². The highest BCUT2D eigenvalue weighted by Gasteiger charge is 2.28. The molecule has 0 atom stereocenters. The van der Waals surface area contributed by atoms with Crippen molar-refractivity contribution < 1.29 is 9.47 Å². The van der Waals surface area contributed by atoms with E-state index < -0.39 is 0 Å². The molecular weight excluding hydrogens is 582 g/mol. The summed E-state index contributed by atoms with van der Waals surface area (Å²) in [5, 5.41) is 11.3. The standard InChI is InChI=1S/C40H27N5O2/c41-40-29-12-2-1-11-28(29)35(45-33-15-5-9-19-38(33)47-39-20-10-6-16-34(39)45)25-30(40)43-42-26-21-23-27(24-22-26)44-31-13-3-7-17-36(31)46-37-18-8-4-14-32(37)44/h1-25H,41H2. The molecule has 224 valence electrons. The van der Waals surface area contributed by atoms with Crippen molar-refractivity contribution in [2.75, 3.05) is 15.5 Å². The fourth-order valence-electron chi connectivity index (χ4n) is 6.36. The van der Waals surface area contributed by atoms with E-state index in [2.05, 4.69) is 45.2 Å². The second kappa shape index (κ2) is 10.8. The molecule has 0 saturated carbocycles. The van der Waals surface area contributed by atoms with Crippen LogP contribution in [0.2, 0.25) is 0 Å². The highest BCUT2D eigenvalue weighted by atomic mass is 16.5. The summed E-state index contributed by atoms with van der Waals surface area (Å²) in [5.74, 6) is 3.17. The Morgan fingerprint density at radius 3 is 1.40 bits per heavy atom. The largest absolute Gasteiger partial charge is 0.453 e. The van der Waals surface area contributed by atoms with Gasteiger partial charge in [0, 0.05) is 16.5 Å². The number of fused-ring (bicyclic) bond motifs is 5. The van der Waals surface area contributed by atoms with Gasteiger partial charge >= 0.3 is 0 Å². The number of ether oxygens (including phenoxy) is 2. The Morgan fingerprint density at radius 1 is 0.426 bits per heavy atom. The van der Waals surface area contributed by atoms with E-state index in [0.717, 1.165) is 67.9 Å². The predicted octanol–water partition coefficient (Wildman–Crippen LogP) is 12.0. The molecule has 7 aromatic rings. The van der Waals surface area contributed by atoms with Gasteiger partial charge in [0.05, 0.1) is 39.8 Å². The van der Waals surface area contributed by atoms with Crippen LogP contribution in [-0.2, 0) is 0 Å². The smallest absolute Gasteiger partial charge is 0.151 e. The third-order valence-electron chi connectivity index (χ3n) is 8.53. The molecule has 0 amide bonds. The van der Waals surface area contributed by atoms with Crippen molar-refractivity contribution in [2.45, 2.75) is 0 Å². The van der Waals surface area contributed by atoms with E-state index in [0.29, 0.717) is 17.1 Å². The van der Waals surface area contributed by atoms with Gasteiger partial charge in [0.25, 0.3) is 0 Å². The summed E-state index contributed by atoms with van der Waals surface area (Å²) < 4.78 is 12.5. The highest BCUT2D eigenvalue weighted by molar-refractivity contribution is 6.09. The number of rotatable bonds is 4. The molecule has 2 heterocycles. The molecule has 0 bridgehead atoms. The average Bonchev–Trinajstić information content (AvgIpc) is 3.13. The average molecular weight is 610 g/mol. The monoisotopic (exact) mass is 609 g/mol. The SMILES string of the molecule is Nc1c(N=Nc2ccc(N3c4ccccc4Oc4ccccc43)cc2)cc(N2c3ccccc3Oc3ccccc32)c2ccccc12. The summed E-state index contributed by atoms with van der Waals surface area (Å²) in [4.78, 5) is 4.41. The fourth-order valence-corrected chi connectivity index (χ4v) is 6.36. The van der Waals surface area contributed by atoms with Crippen LogP contribution in [0, 0.1) is 0 Å². The van der Waals surface area contributed by atoms with Gasteiger partial charge in [0.1, 0.15) is 5.69 Å². The van der Waals surface area contributed by atoms with Crippen molar-refractivity contribution in [3.05, 3.63) is 152 Å². The van der Waals surface area contributed by atoms with Gasteiger partial charge in [0.2, 0.25) is 0 Å². The molecule has 0 saturated heterocycles. The van der Waals surface area contributed by atoms with E-state index in [-0.39, 0.29) is 0 Å². The Kier molecular flexibility index (Phi) is 6.14. The minimum atomic E-state index is 0.570. The lowest BCUT2D eigenvalue weighted by Crippen LogP contribution is -2.16. The molecule has 2 aliphatic heterocycles. The summed E-state index contributed by atoms with van der Waals surface area (Å²) in [6.45, 7) is 0. The Balaban J connectivity index is 1.12. The van der Waals surface area contributed by atoms with Crippen LogP contribution < -0.4 is 25.0 Å². The molecule has 0 unspecified atom stereocenters. The third kappa shape index (κ3) is 4.44. The van der Waals surface area contributed by atoms with Gasteiger partial charge in [-0.1, -0.05) is 72.8 Å². The fraction of sp³-hybridized carbons (Fsp3) is 0. The summed E-state index contributed by atoms with van der Waals surface area (Å²) in [6.07, 6.45) is 0. The van der Waals surface area contributed by atoms with Crippen molar-refractivity contribution in [3.63, 3.8) is 0 Å². The minimum absolute atomic E-state index is 0.570. The zero-order valence-electron chi connectivity index (χ0n) is 25.1. The predicted molar refractivity (Wildman–Crippen MR) is 188 cm³/mol. The molecule has 2 aliphatic rings.